The van der Waals surface area contributed by atoms with E-state index in [0.717, 1.165) is 0 Å². The van der Waals surface area contributed by atoms with E-state index in [4.69, 9.17) is 9.47 Å². The van der Waals surface area contributed by atoms with Gasteiger partial charge in [-0.1, -0.05) is 0 Å². The van der Waals surface area contributed by atoms with E-state index in [1.807, 2.05) is 13.8 Å². The molecule has 0 aromatic carbocycles. The van der Waals surface area contributed by atoms with Crippen LogP contribution in [0.15, 0.2) is 0 Å². The summed E-state index contributed by atoms with van der Waals surface area (Å²) in [6.45, 7) is 10.0. The van der Waals surface area contributed by atoms with Crippen molar-refractivity contribution in [2.45, 2.75) is 71.3 Å². The van der Waals surface area contributed by atoms with Crippen LogP contribution in [0.25, 0.3) is 0 Å². The molecule has 2 aliphatic heterocycles. The first kappa shape index (κ1) is 18.6. The number of ether oxygens (including phenoxy) is 2. The van der Waals surface area contributed by atoms with Gasteiger partial charge in [0.15, 0.2) is 0 Å². The molecule has 2 heterocycles. The molecule has 0 unspecified atom stereocenters. The fraction of sp³-hybridized carbons (Fsp3) is 0.933. The lowest BCUT2D eigenvalue weighted by Crippen LogP contribution is -2.55. The van der Waals surface area contributed by atoms with Crippen molar-refractivity contribution < 1.29 is 22.7 Å². The Balaban J connectivity index is 2.16. The molecule has 0 aromatic heterocycles. The number of nitrogens with zero attached hydrogens (tertiary/aromatic N) is 2. The van der Waals surface area contributed by atoms with Crippen LogP contribution in [0.5, 0.6) is 0 Å². The predicted octanol–water partition coefficient (Wildman–Crippen LogP) is 1.15. The Labute approximate surface area is 139 Å². The quantitative estimate of drug-likeness (QED) is 0.715. The molecule has 0 aromatic rings. The Morgan fingerprint density at radius 3 is 2.26 bits per heavy atom. The van der Waals surface area contributed by atoms with Gasteiger partial charge in [0.05, 0.1) is 12.2 Å². The fourth-order valence-corrected chi connectivity index (χ4v) is 5.06. The van der Waals surface area contributed by atoms with E-state index >= 15 is 0 Å². The molecule has 2 rings (SSSR count). The Kier molecular flexibility index (Phi) is 5.40. The molecule has 2 aliphatic rings. The van der Waals surface area contributed by atoms with Crippen molar-refractivity contribution in [3.05, 3.63) is 0 Å². The van der Waals surface area contributed by atoms with E-state index in [-0.39, 0.29) is 12.2 Å². The molecule has 0 spiro atoms. The summed E-state index contributed by atoms with van der Waals surface area (Å²) in [6, 6.07) is -0.729. The summed E-state index contributed by atoms with van der Waals surface area (Å²) in [5, 5.41) is 0. The van der Waals surface area contributed by atoms with Crippen LogP contribution in [0.1, 0.15) is 47.5 Å². The van der Waals surface area contributed by atoms with Crippen molar-refractivity contribution in [2.24, 2.45) is 0 Å². The first-order chi connectivity index (χ1) is 10.5. The number of esters is 1. The van der Waals surface area contributed by atoms with Gasteiger partial charge in [0.2, 0.25) is 0 Å². The van der Waals surface area contributed by atoms with E-state index in [1.54, 1.807) is 20.8 Å². The molecular weight excluding hydrogens is 320 g/mol. The molecule has 0 radical (unpaired) electrons. The van der Waals surface area contributed by atoms with E-state index in [1.165, 1.54) is 8.61 Å². The van der Waals surface area contributed by atoms with Crippen LogP contribution in [-0.4, -0.2) is 66.5 Å². The van der Waals surface area contributed by atoms with Crippen molar-refractivity contribution >= 4 is 16.2 Å². The van der Waals surface area contributed by atoms with E-state index in [0.29, 0.717) is 32.5 Å². The Morgan fingerprint density at radius 1 is 1.17 bits per heavy atom. The van der Waals surface area contributed by atoms with Crippen LogP contribution in [0.2, 0.25) is 0 Å². The highest BCUT2D eigenvalue weighted by Gasteiger charge is 2.44. The van der Waals surface area contributed by atoms with Crippen LogP contribution in [-0.2, 0) is 24.5 Å². The zero-order valence-corrected chi connectivity index (χ0v) is 15.4. The number of rotatable bonds is 3. The molecule has 0 amide bonds. The molecule has 134 valence electrons. The molecule has 0 aliphatic carbocycles. The second kappa shape index (κ2) is 6.66. The van der Waals surface area contributed by atoms with Crippen LogP contribution in [0.3, 0.4) is 0 Å². The number of hydrogen-bond donors (Lipinski definition) is 0. The van der Waals surface area contributed by atoms with Crippen molar-refractivity contribution in [1.29, 1.82) is 0 Å². The summed E-state index contributed by atoms with van der Waals surface area (Å²) in [7, 11) is -3.69. The third kappa shape index (κ3) is 4.43. The van der Waals surface area contributed by atoms with Crippen LogP contribution < -0.4 is 0 Å². The van der Waals surface area contributed by atoms with Gasteiger partial charge in [0.25, 0.3) is 10.2 Å². The lowest BCUT2D eigenvalue weighted by molar-refractivity contribution is -0.158. The Bertz CT molecular complexity index is 533. The number of carbonyl (C=O) groups is 1. The van der Waals surface area contributed by atoms with Gasteiger partial charge in [-0.25, -0.2) is 0 Å². The third-order valence-electron chi connectivity index (χ3n) is 3.89. The number of hydrogen-bond acceptors (Lipinski definition) is 5. The second-order valence-corrected chi connectivity index (χ2v) is 9.27. The maximum atomic E-state index is 12.9. The monoisotopic (exact) mass is 348 g/mol. The normalized spacial score (nSPS) is 31.3. The fourth-order valence-electron chi connectivity index (χ4n) is 3.09. The van der Waals surface area contributed by atoms with Crippen LogP contribution >= 0.6 is 0 Å². The first-order valence-corrected chi connectivity index (χ1v) is 9.55. The molecule has 0 bridgehead atoms. The molecule has 0 N–H and O–H groups in total. The number of carbonyl (C=O) groups excluding carboxylic acids is 1. The zero-order chi connectivity index (χ0) is 17.4. The first-order valence-electron chi connectivity index (χ1n) is 8.16. The van der Waals surface area contributed by atoms with Gasteiger partial charge < -0.3 is 9.47 Å². The van der Waals surface area contributed by atoms with Crippen LogP contribution in [0, 0.1) is 0 Å². The Morgan fingerprint density at radius 2 is 1.74 bits per heavy atom. The van der Waals surface area contributed by atoms with Crippen molar-refractivity contribution in [3.8, 4) is 0 Å². The van der Waals surface area contributed by atoms with Crippen molar-refractivity contribution in [1.82, 2.24) is 8.61 Å². The maximum absolute atomic E-state index is 12.9. The lowest BCUT2D eigenvalue weighted by Gasteiger charge is -2.37. The summed E-state index contributed by atoms with van der Waals surface area (Å²) >= 11 is 0. The highest BCUT2D eigenvalue weighted by atomic mass is 32.2. The van der Waals surface area contributed by atoms with Gasteiger partial charge in [-0.05, 0) is 47.5 Å². The summed E-state index contributed by atoms with van der Waals surface area (Å²) in [5.74, 6) is -0.465. The summed E-state index contributed by atoms with van der Waals surface area (Å²) in [6.07, 6.45) is 0.856. The minimum Gasteiger partial charge on any atom is -0.459 e. The Hall–Kier alpha value is -0.700. The highest BCUT2D eigenvalue weighted by Crippen LogP contribution is 2.27. The van der Waals surface area contributed by atoms with E-state index in [2.05, 4.69) is 0 Å². The molecule has 3 atom stereocenters. The average Bonchev–Trinajstić information content (AvgIpc) is 2.85. The molecular formula is C15H28N2O5S. The topological polar surface area (TPSA) is 76.2 Å². The van der Waals surface area contributed by atoms with Gasteiger partial charge in [-0.3, -0.25) is 4.79 Å². The van der Waals surface area contributed by atoms with Crippen molar-refractivity contribution in [3.63, 3.8) is 0 Å². The minimum atomic E-state index is -3.69. The number of morpholine rings is 1. The molecule has 8 heteroatoms. The van der Waals surface area contributed by atoms with Crippen molar-refractivity contribution in [2.75, 3.05) is 19.6 Å². The molecule has 0 saturated carbocycles. The van der Waals surface area contributed by atoms with Crippen LogP contribution in [0.4, 0.5) is 0 Å². The third-order valence-corrected chi connectivity index (χ3v) is 5.87. The van der Waals surface area contributed by atoms with Gasteiger partial charge >= 0.3 is 5.97 Å². The van der Waals surface area contributed by atoms with Gasteiger partial charge in [-0.15, -0.1) is 0 Å². The zero-order valence-electron chi connectivity index (χ0n) is 14.6. The predicted molar refractivity (Wildman–Crippen MR) is 86.1 cm³/mol. The standard InChI is InChI=1S/C15H28N2O5S/c1-11-9-16(10-12(2)21-11)23(19,20)17-8-6-7-13(17)14(18)22-15(3,4)5/h11-13H,6-10H2,1-5H3/t11-,12+,13-/m0/s1. The van der Waals surface area contributed by atoms with E-state index < -0.39 is 27.8 Å². The lowest BCUT2D eigenvalue weighted by atomic mass is 10.2. The molecule has 23 heavy (non-hydrogen) atoms. The molecule has 7 nitrogen and oxygen atoms in total. The van der Waals surface area contributed by atoms with Gasteiger partial charge in [0.1, 0.15) is 11.6 Å². The molecule has 2 saturated heterocycles. The minimum absolute atomic E-state index is 0.156. The van der Waals surface area contributed by atoms with Gasteiger partial charge in [0, 0.05) is 19.6 Å². The SMILES string of the molecule is C[C@@H]1CN(S(=O)(=O)N2CCC[C@H]2C(=O)OC(C)(C)C)C[C@H](C)O1. The maximum Gasteiger partial charge on any atom is 0.325 e. The average molecular weight is 348 g/mol. The smallest absolute Gasteiger partial charge is 0.325 e. The highest BCUT2D eigenvalue weighted by molar-refractivity contribution is 7.86. The molecule has 2 fully saturated rings. The largest absolute Gasteiger partial charge is 0.459 e. The second-order valence-electron chi connectivity index (χ2n) is 7.38. The summed E-state index contributed by atoms with van der Waals surface area (Å²) in [4.78, 5) is 12.4. The summed E-state index contributed by atoms with van der Waals surface area (Å²) in [5.41, 5.74) is -0.628. The summed E-state index contributed by atoms with van der Waals surface area (Å²) < 4.78 is 39.6. The van der Waals surface area contributed by atoms with Gasteiger partial charge in [-0.2, -0.15) is 17.0 Å². The van der Waals surface area contributed by atoms with E-state index in [9.17, 15) is 13.2 Å².